The largest absolute Gasteiger partial charge is 0.376 e. The minimum atomic E-state index is -0.646. The number of nitrogens with one attached hydrogen (secondary N) is 2. The lowest BCUT2D eigenvalue weighted by Gasteiger charge is -2.10. The number of amides is 2. The molecule has 0 spiro atoms. The predicted molar refractivity (Wildman–Crippen MR) is 76.4 cm³/mol. The van der Waals surface area contributed by atoms with Crippen LogP contribution in [-0.2, 0) is 20.7 Å². The Hall–Kier alpha value is -1.88. The van der Waals surface area contributed by atoms with Gasteiger partial charge in [-0.1, -0.05) is 19.1 Å². The molecule has 0 radical (unpaired) electrons. The second kappa shape index (κ2) is 7.05. The molecule has 0 bridgehead atoms. The van der Waals surface area contributed by atoms with Crippen LogP contribution in [0.3, 0.4) is 0 Å². The van der Waals surface area contributed by atoms with Crippen molar-refractivity contribution in [3.8, 4) is 0 Å². The molecule has 1 atom stereocenters. The van der Waals surface area contributed by atoms with Crippen molar-refractivity contribution in [1.29, 1.82) is 0 Å². The second-order valence-corrected chi connectivity index (χ2v) is 4.85. The fourth-order valence-electron chi connectivity index (χ4n) is 2.10. The molecule has 5 nitrogen and oxygen atoms in total. The Kier molecular flexibility index (Phi) is 5.12. The van der Waals surface area contributed by atoms with E-state index in [1.54, 1.807) is 12.1 Å². The molecule has 0 saturated carbocycles. The number of carbonyl (C=O) groups excluding carboxylic acids is 2. The first kappa shape index (κ1) is 14.5. The van der Waals surface area contributed by atoms with Crippen LogP contribution in [0.15, 0.2) is 24.3 Å². The summed E-state index contributed by atoms with van der Waals surface area (Å²) in [6.45, 7) is 3.18. The van der Waals surface area contributed by atoms with Gasteiger partial charge in [-0.3, -0.25) is 9.59 Å². The Morgan fingerprint density at radius 1 is 1.25 bits per heavy atom. The molecule has 1 heterocycles. The van der Waals surface area contributed by atoms with Crippen LogP contribution in [0.4, 0.5) is 5.69 Å². The number of benzene rings is 1. The lowest BCUT2D eigenvalue weighted by Crippen LogP contribution is -2.39. The van der Waals surface area contributed by atoms with Crippen molar-refractivity contribution in [3.63, 3.8) is 0 Å². The van der Waals surface area contributed by atoms with E-state index in [1.807, 2.05) is 12.1 Å². The summed E-state index contributed by atoms with van der Waals surface area (Å²) in [6.07, 6.45) is 2.92. The SMILES string of the molecule is CCc1ccc(NC(=O)C(=O)NC[C@H]2CCCO2)cc1. The molecular weight excluding hydrogens is 256 g/mol. The normalized spacial score (nSPS) is 17.8. The molecule has 1 aromatic carbocycles. The van der Waals surface area contributed by atoms with Gasteiger partial charge in [-0.15, -0.1) is 0 Å². The van der Waals surface area contributed by atoms with Crippen LogP contribution in [0.1, 0.15) is 25.3 Å². The second-order valence-electron chi connectivity index (χ2n) is 4.85. The number of carbonyl (C=O) groups is 2. The number of ether oxygens (including phenoxy) is 1. The molecule has 1 saturated heterocycles. The first-order chi connectivity index (χ1) is 9.69. The summed E-state index contributed by atoms with van der Waals surface area (Å²) in [7, 11) is 0. The highest BCUT2D eigenvalue weighted by Crippen LogP contribution is 2.11. The van der Waals surface area contributed by atoms with E-state index in [1.165, 1.54) is 5.56 Å². The van der Waals surface area contributed by atoms with E-state index in [0.717, 1.165) is 25.9 Å². The average Bonchev–Trinajstić information content (AvgIpc) is 2.98. The molecule has 1 aromatic rings. The molecule has 2 rings (SSSR count). The summed E-state index contributed by atoms with van der Waals surface area (Å²) in [6, 6.07) is 7.45. The molecule has 20 heavy (non-hydrogen) atoms. The van der Waals surface area contributed by atoms with Crippen LogP contribution in [0.2, 0.25) is 0 Å². The summed E-state index contributed by atoms with van der Waals surface area (Å²) in [5.74, 6) is -1.27. The molecule has 0 unspecified atom stereocenters. The number of rotatable bonds is 4. The molecule has 1 aliphatic rings. The Labute approximate surface area is 118 Å². The lowest BCUT2D eigenvalue weighted by molar-refractivity contribution is -0.136. The average molecular weight is 276 g/mol. The monoisotopic (exact) mass is 276 g/mol. The predicted octanol–water partition coefficient (Wildman–Crippen LogP) is 1.48. The zero-order valence-electron chi connectivity index (χ0n) is 11.6. The highest BCUT2D eigenvalue weighted by Gasteiger charge is 2.19. The van der Waals surface area contributed by atoms with Crippen molar-refractivity contribution in [2.45, 2.75) is 32.3 Å². The smallest absolute Gasteiger partial charge is 0.313 e. The molecule has 5 heteroatoms. The number of aryl methyl sites for hydroxylation is 1. The first-order valence-electron chi connectivity index (χ1n) is 6.98. The van der Waals surface area contributed by atoms with Crippen molar-refractivity contribution in [3.05, 3.63) is 29.8 Å². The quantitative estimate of drug-likeness (QED) is 0.819. The molecule has 0 aromatic heterocycles. The third-order valence-corrected chi connectivity index (χ3v) is 3.34. The maximum Gasteiger partial charge on any atom is 0.313 e. The van der Waals surface area contributed by atoms with E-state index in [4.69, 9.17) is 4.74 Å². The van der Waals surface area contributed by atoms with Gasteiger partial charge < -0.3 is 15.4 Å². The van der Waals surface area contributed by atoms with E-state index in [-0.39, 0.29) is 6.10 Å². The Morgan fingerprint density at radius 3 is 2.60 bits per heavy atom. The van der Waals surface area contributed by atoms with Gasteiger partial charge in [0.05, 0.1) is 6.10 Å². The highest BCUT2D eigenvalue weighted by atomic mass is 16.5. The van der Waals surface area contributed by atoms with Gasteiger partial charge in [-0.25, -0.2) is 0 Å². The highest BCUT2D eigenvalue weighted by molar-refractivity contribution is 6.39. The van der Waals surface area contributed by atoms with Crippen LogP contribution in [0, 0.1) is 0 Å². The van der Waals surface area contributed by atoms with Gasteiger partial charge in [-0.05, 0) is 37.0 Å². The third-order valence-electron chi connectivity index (χ3n) is 3.34. The van der Waals surface area contributed by atoms with E-state index < -0.39 is 11.8 Å². The molecule has 0 aliphatic carbocycles. The van der Waals surface area contributed by atoms with Gasteiger partial charge in [0, 0.05) is 18.8 Å². The van der Waals surface area contributed by atoms with Crippen molar-refractivity contribution < 1.29 is 14.3 Å². The van der Waals surface area contributed by atoms with E-state index in [2.05, 4.69) is 17.6 Å². The number of anilines is 1. The molecule has 1 aliphatic heterocycles. The van der Waals surface area contributed by atoms with E-state index in [0.29, 0.717) is 12.2 Å². The van der Waals surface area contributed by atoms with Crippen molar-refractivity contribution in [2.24, 2.45) is 0 Å². The van der Waals surface area contributed by atoms with Crippen LogP contribution in [0.25, 0.3) is 0 Å². The van der Waals surface area contributed by atoms with Crippen LogP contribution in [-0.4, -0.2) is 31.1 Å². The minimum Gasteiger partial charge on any atom is -0.376 e. The van der Waals surface area contributed by atoms with Crippen LogP contribution < -0.4 is 10.6 Å². The zero-order chi connectivity index (χ0) is 14.4. The van der Waals surface area contributed by atoms with Crippen molar-refractivity contribution in [1.82, 2.24) is 5.32 Å². The summed E-state index contributed by atoms with van der Waals surface area (Å²) in [5.41, 5.74) is 1.81. The van der Waals surface area contributed by atoms with E-state index in [9.17, 15) is 9.59 Å². The Balaban J connectivity index is 1.78. The summed E-state index contributed by atoms with van der Waals surface area (Å²) >= 11 is 0. The molecular formula is C15H20N2O3. The maximum absolute atomic E-state index is 11.7. The fraction of sp³-hybridized carbons (Fsp3) is 0.467. The van der Waals surface area contributed by atoms with E-state index >= 15 is 0 Å². The third kappa shape index (κ3) is 4.06. The Bertz CT molecular complexity index is 465. The Morgan fingerprint density at radius 2 is 2.00 bits per heavy atom. The zero-order valence-corrected chi connectivity index (χ0v) is 11.6. The van der Waals surface area contributed by atoms with Crippen LogP contribution >= 0.6 is 0 Å². The maximum atomic E-state index is 11.7. The van der Waals surface area contributed by atoms with Crippen LogP contribution in [0.5, 0.6) is 0 Å². The minimum absolute atomic E-state index is 0.0376. The van der Waals surface area contributed by atoms with Gasteiger partial charge in [0.15, 0.2) is 0 Å². The first-order valence-corrected chi connectivity index (χ1v) is 6.98. The van der Waals surface area contributed by atoms with Gasteiger partial charge in [0.25, 0.3) is 0 Å². The molecule has 108 valence electrons. The van der Waals surface area contributed by atoms with Gasteiger partial charge >= 0.3 is 11.8 Å². The summed E-state index contributed by atoms with van der Waals surface area (Å²) < 4.78 is 5.38. The topological polar surface area (TPSA) is 67.4 Å². The standard InChI is InChI=1S/C15H20N2O3/c1-2-11-5-7-12(8-6-11)17-15(19)14(18)16-10-13-4-3-9-20-13/h5-8,13H,2-4,9-10H2,1H3,(H,16,18)(H,17,19)/t13-/m1/s1. The number of hydrogen-bond acceptors (Lipinski definition) is 3. The summed E-state index contributed by atoms with van der Waals surface area (Å²) in [5, 5.41) is 5.17. The molecule has 2 N–H and O–H groups in total. The van der Waals surface area contributed by atoms with Gasteiger partial charge in [0.2, 0.25) is 0 Å². The van der Waals surface area contributed by atoms with Crippen molar-refractivity contribution >= 4 is 17.5 Å². The molecule has 2 amide bonds. The number of hydrogen-bond donors (Lipinski definition) is 2. The molecule has 1 fully saturated rings. The van der Waals surface area contributed by atoms with Gasteiger partial charge in [0.1, 0.15) is 0 Å². The summed E-state index contributed by atoms with van der Waals surface area (Å²) in [4.78, 5) is 23.4. The lowest BCUT2D eigenvalue weighted by atomic mass is 10.1. The van der Waals surface area contributed by atoms with Gasteiger partial charge in [-0.2, -0.15) is 0 Å². The van der Waals surface area contributed by atoms with Crippen molar-refractivity contribution in [2.75, 3.05) is 18.5 Å². The fourth-order valence-corrected chi connectivity index (χ4v) is 2.10.